The van der Waals surface area contributed by atoms with Gasteiger partial charge in [-0.2, -0.15) is 5.10 Å². The number of hydrogen-bond donors (Lipinski definition) is 1. The van der Waals surface area contributed by atoms with Gasteiger partial charge in [-0.3, -0.25) is 0 Å². The molecule has 1 aliphatic rings. The lowest BCUT2D eigenvalue weighted by atomic mass is 9.79. The number of hydrogen-bond acceptors (Lipinski definition) is 3. The summed E-state index contributed by atoms with van der Waals surface area (Å²) in [5, 5.41) is 16.1. The molecule has 2 aromatic rings. The third-order valence-electron chi connectivity index (χ3n) is 4.29. The summed E-state index contributed by atoms with van der Waals surface area (Å²) in [4.78, 5) is 3.95. The molecule has 0 radical (unpaired) electrons. The minimum atomic E-state index is -1.02. The number of nitrogens with zero attached hydrogens (tertiary/aromatic N) is 3. The first-order valence-electron chi connectivity index (χ1n) is 6.91. The fourth-order valence-electron chi connectivity index (χ4n) is 2.83. The zero-order valence-corrected chi connectivity index (χ0v) is 12.2. The Labute approximate surface area is 123 Å². The summed E-state index contributed by atoms with van der Waals surface area (Å²) < 4.78 is 1.67. The van der Waals surface area contributed by atoms with Crippen molar-refractivity contribution in [3.05, 3.63) is 47.5 Å². The zero-order chi connectivity index (χ0) is 14.2. The molecular formula is C15H18ClN3O. The second-order valence-corrected chi connectivity index (χ2v) is 6.03. The predicted molar refractivity (Wildman–Crippen MR) is 77.3 cm³/mol. The van der Waals surface area contributed by atoms with Crippen molar-refractivity contribution in [2.75, 3.05) is 0 Å². The van der Waals surface area contributed by atoms with E-state index >= 15 is 0 Å². The van der Waals surface area contributed by atoms with Gasteiger partial charge in [-0.1, -0.05) is 36.7 Å². The van der Waals surface area contributed by atoms with E-state index in [0.717, 1.165) is 5.56 Å². The molecule has 1 saturated carbocycles. The Morgan fingerprint density at radius 3 is 2.80 bits per heavy atom. The van der Waals surface area contributed by atoms with Crippen LogP contribution in [0, 0.1) is 11.8 Å². The lowest BCUT2D eigenvalue weighted by Crippen LogP contribution is -2.39. The molecule has 0 aliphatic heterocycles. The van der Waals surface area contributed by atoms with E-state index in [0.29, 0.717) is 17.5 Å². The fourth-order valence-corrected chi connectivity index (χ4v) is 3.13. The summed E-state index contributed by atoms with van der Waals surface area (Å²) in [6.07, 6.45) is 5.45. The molecule has 0 unspecified atom stereocenters. The molecule has 0 bridgehead atoms. The summed E-state index contributed by atoms with van der Waals surface area (Å²) in [6, 6.07) is 7.51. The normalized spacial score (nSPS) is 19.6. The highest BCUT2D eigenvalue weighted by molar-refractivity contribution is 6.31. The molecule has 0 spiro atoms. The van der Waals surface area contributed by atoms with Crippen molar-refractivity contribution < 1.29 is 5.11 Å². The number of aromatic nitrogens is 3. The highest BCUT2D eigenvalue weighted by Crippen LogP contribution is 2.47. The van der Waals surface area contributed by atoms with Crippen LogP contribution in [0.5, 0.6) is 0 Å². The largest absolute Gasteiger partial charge is 0.383 e. The maximum Gasteiger partial charge on any atom is 0.137 e. The van der Waals surface area contributed by atoms with Crippen LogP contribution < -0.4 is 0 Å². The molecule has 5 heteroatoms. The van der Waals surface area contributed by atoms with Crippen molar-refractivity contribution in [3.63, 3.8) is 0 Å². The van der Waals surface area contributed by atoms with Gasteiger partial charge >= 0.3 is 0 Å². The van der Waals surface area contributed by atoms with Crippen molar-refractivity contribution in [1.82, 2.24) is 14.8 Å². The Balaban J connectivity index is 2.00. The van der Waals surface area contributed by atoms with E-state index in [-0.39, 0.29) is 5.92 Å². The van der Waals surface area contributed by atoms with Crippen molar-refractivity contribution >= 4 is 11.6 Å². The average Bonchev–Trinajstić information content (AvgIpc) is 3.17. The molecule has 0 saturated heterocycles. The Bertz CT molecular complexity index is 583. The van der Waals surface area contributed by atoms with Gasteiger partial charge in [0.15, 0.2) is 0 Å². The van der Waals surface area contributed by atoms with Gasteiger partial charge in [-0.15, -0.1) is 0 Å². The third kappa shape index (κ3) is 2.45. The molecular weight excluding hydrogens is 274 g/mol. The lowest BCUT2D eigenvalue weighted by molar-refractivity contribution is -0.0441. The van der Waals surface area contributed by atoms with Crippen LogP contribution in [0.15, 0.2) is 36.9 Å². The van der Waals surface area contributed by atoms with Gasteiger partial charge in [0, 0.05) is 10.6 Å². The molecule has 4 nitrogen and oxygen atoms in total. The number of rotatable bonds is 5. The first-order valence-corrected chi connectivity index (χ1v) is 7.29. The maximum atomic E-state index is 11.3. The summed E-state index contributed by atoms with van der Waals surface area (Å²) >= 11 is 6.31. The van der Waals surface area contributed by atoms with E-state index in [9.17, 15) is 5.11 Å². The molecule has 2 atom stereocenters. The Hall–Kier alpha value is -1.39. The molecule has 1 aromatic heterocycles. The fraction of sp³-hybridized carbons (Fsp3) is 0.467. The summed E-state index contributed by atoms with van der Waals surface area (Å²) in [5.41, 5.74) is -0.246. The Kier molecular flexibility index (Phi) is 3.52. The van der Waals surface area contributed by atoms with Gasteiger partial charge in [0.1, 0.15) is 18.3 Å². The minimum absolute atomic E-state index is 0.131. The van der Waals surface area contributed by atoms with Crippen LogP contribution in [0.1, 0.15) is 25.3 Å². The molecule has 106 valence electrons. The van der Waals surface area contributed by atoms with Crippen LogP contribution in [0.2, 0.25) is 5.02 Å². The molecule has 0 amide bonds. The van der Waals surface area contributed by atoms with Crippen molar-refractivity contribution in [1.29, 1.82) is 0 Å². The van der Waals surface area contributed by atoms with E-state index < -0.39 is 5.60 Å². The third-order valence-corrected chi connectivity index (χ3v) is 4.62. The van der Waals surface area contributed by atoms with Crippen LogP contribution >= 0.6 is 11.6 Å². The maximum absolute atomic E-state index is 11.3. The second kappa shape index (κ2) is 5.19. The van der Waals surface area contributed by atoms with Crippen molar-refractivity contribution in [2.24, 2.45) is 11.8 Å². The summed E-state index contributed by atoms with van der Waals surface area (Å²) in [7, 11) is 0. The second-order valence-electron chi connectivity index (χ2n) is 5.62. The van der Waals surface area contributed by atoms with Gasteiger partial charge in [0.25, 0.3) is 0 Å². The van der Waals surface area contributed by atoms with Gasteiger partial charge in [-0.05, 0) is 30.7 Å². The van der Waals surface area contributed by atoms with E-state index in [1.807, 2.05) is 24.3 Å². The first kappa shape index (κ1) is 13.6. The quantitative estimate of drug-likeness (QED) is 0.921. The van der Waals surface area contributed by atoms with Crippen molar-refractivity contribution in [3.8, 4) is 0 Å². The van der Waals surface area contributed by atoms with E-state index in [1.54, 1.807) is 11.0 Å². The number of aliphatic hydroxyl groups is 1. The molecule has 3 rings (SSSR count). The van der Waals surface area contributed by atoms with E-state index in [2.05, 4.69) is 17.0 Å². The van der Waals surface area contributed by atoms with Gasteiger partial charge in [0.05, 0.1) is 6.54 Å². The van der Waals surface area contributed by atoms with Crippen LogP contribution in [-0.4, -0.2) is 19.9 Å². The number of halogens is 1. The highest BCUT2D eigenvalue weighted by atomic mass is 35.5. The SMILES string of the molecule is C[C@H](C1CC1)[C@](O)(Cn1cncn1)c1ccccc1Cl. The first-order chi connectivity index (χ1) is 9.61. The molecule has 1 heterocycles. The Morgan fingerprint density at radius 2 is 2.20 bits per heavy atom. The number of benzene rings is 1. The minimum Gasteiger partial charge on any atom is -0.383 e. The van der Waals surface area contributed by atoms with Crippen molar-refractivity contribution in [2.45, 2.75) is 31.9 Å². The van der Waals surface area contributed by atoms with Crippen LogP contribution in [0.3, 0.4) is 0 Å². The lowest BCUT2D eigenvalue weighted by Gasteiger charge is -2.35. The molecule has 1 fully saturated rings. The average molecular weight is 292 g/mol. The smallest absolute Gasteiger partial charge is 0.137 e. The topological polar surface area (TPSA) is 50.9 Å². The van der Waals surface area contributed by atoms with Crippen LogP contribution in [-0.2, 0) is 12.1 Å². The highest BCUT2D eigenvalue weighted by Gasteiger charge is 2.45. The van der Waals surface area contributed by atoms with Crippen LogP contribution in [0.4, 0.5) is 0 Å². The van der Waals surface area contributed by atoms with Gasteiger partial charge in [-0.25, -0.2) is 9.67 Å². The van der Waals surface area contributed by atoms with Gasteiger partial charge in [0.2, 0.25) is 0 Å². The standard InChI is InChI=1S/C15H18ClN3O/c1-11(12-6-7-12)15(20,8-19-10-17-9-18-19)13-4-2-3-5-14(13)16/h2-5,9-12,20H,6-8H2,1H3/t11-,15-/m1/s1. The van der Waals surface area contributed by atoms with Crippen LogP contribution in [0.25, 0.3) is 0 Å². The zero-order valence-electron chi connectivity index (χ0n) is 11.4. The molecule has 20 heavy (non-hydrogen) atoms. The molecule has 1 N–H and O–H groups in total. The molecule has 1 aliphatic carbocycles. The van der Waals surface area contributed by atoms with E-state index in [1.165, 1.54) is 19.2 Å². The summed E-state index contributed by atoms with van der Waals surface area (Å²) in [5.74, 6) is 0.686. The summed E-state index contributed by atoms with van der Waals surface area (Å²) in [6.45, 7) is 2.46. The monoisotopic (exact) mass is 291 g/mol. The van der Waals surface area contributed by atoms with E-state index in [4.69, 9.17) is 11.6 Å². The molecule has 1 aromatic carbocycles. The van der Waals surface area contributed by atoms with Gasteiger partial charge < -0.3 is 5.11 Å². The predicted octanol–water partition coefficient (Wildman–Crippen LogP) is 2.87. The Morgan fingerprint density at radius 1 is 1.45 bits per heavy atom.